The fourth-order valence-corrected chi connectivity index (χ4v) is 1.54. The number of nitrogens with one attached hydrogen (secondary N) is 2. The van der Waals surface area contributed by atoms with E-state index in [0.717, 1.165) is 13.0 Å². The fourth-order valence-electron chi connectivity index (χ4n) is 1.54. The maximum absolute atomic E-state index is 11.5. The highest BCUT2D eigenvalue weighted by Gasteiger charge is 2.26. The molecule has 1 saturated heterocycles. The van der Waals surface area contributed by atoms with E-state index in [1.807, 2.05) is 14.1 Å². The molecule has 0 aliphatic carbocycles. The average molecular weight is 213 g/mol. The summed E-state index contributed by atoms with van der Waals surface area (Å²) in [6.45, 7) is 1.63. The van der Waals surface area contributed by atoms with Crippen molar-refractivity contribution in [3.05, 3.63) is 0 Å². The highest BCUT2D eigenvalue weighted by molar-refractivity contribution is 5.90. The van der Waals surface area contributed by atoms with Crippen LogP contribution in [0.25, 0.3) is 0 Å². The Morgan fingerprint density at radius 3 is 2.87 bits per heavy atom. The lowest BCUT2D eigenvalue weighted by atomic mass is 10.2. The molecule has 0 aromatic carbocycles. The Morgan fingerprint density at radius 2 is 2.33 bits per heavy atom. The summed E-state index contributed by atoms with van der Waals surface area (Å²) >= 11 is 0. The van der Waals surface area contributed by atoms with E-state index in [1.54, 1.807) is 0 Å². The van der Waals surface area contributed by atoms with Gasteiger partial charge in [0.2, 0.25) is 11.8 Å². The number of carbonyl (C=O) groups is 2. The number of nitrogens with zero attached hydrogens (tertiary/aromatic N) is 1. The lowest BCUT2D eigenvalue weighted by molar-refractivity contribution is -0.125. The van der Waals surface area contributed by atoms with Gasteiger partial charge in [-0.15, -0.1) is 0 Å². The molecular formula is C10H19N3O2. The van der Waals surface area contributed by atoms with Crippen molar-refractivity contribution < 1.29 is 9.59 Å². The molecule has 1 rings (SSSR count). The topological polar surface area (TPSA) is 61.4 Å². The zero-order valence-electron chi connectivity index (χ0n) is 9.38. The van der Waals surface area contributed by atoms with Gasteiger partial charge in [-0.25, -0.2) is 0 Å². The lowest BCUT2D eigenvalue weighted by Gasteiger charge is -2.12. The average Bonchev–Trinajstić information content (AvgIpc) is 2.59. The highest BCUT2D eigenvalue weighted by Crippen LogP contribution is 2.05. The summed E-state index contributed by atoms with van der Waals surface area (Å²) in [6, 6.07) is -0.308. The van der Waals surface area contributed by atoms with E-state index in [2.05, 4.69) is 15.5 Å². The standard InChI is InChI=1S/C10H19N3O2/c1-13(2)7-3-6-11-10(15)8-4-5-9(14)12-8/h8H,3-7H2,1-2H3,(H,11,15)(H,12,14). The monoisotopic (exact) mass is 213 g/mol. The van der Waals surface area contributed by atoms with Crippen LogP contribution in [0.3, 0.4) is 0 Å². The first-order chi connectivity index (χ1) is 7.09. The fraction of sp³-hybridized carbons (Fsp3) is 0.800. The summed E-state index contributed by atoms with van der Waals surface area (Å²) < 4.78 is 0. The van der Waals surface area contributed by atoms with Crippen molar-refractivity contribution in [2.75, 3.05) is 27.2 Å². The van der Waals surface area contributed by atoms with Crippen molar-refractivity contribution in [2.45, 2.75) is 25.3 Å². The lowest BCUT2D eigenvalue weighted by Crippen LogP contribution is -2.42. The van der Waals surface area contributed by atoms with Gasteiger partial charge in [0.05, 0.1) is 0 Å². The minimum atomic E-state index is -0.308. The van der Waals surface area contributed by atoms with Crippen LogP contribution in [0.15, 0.2) is 0 Å². The van der Waals surface area contributed by atoms with Gasteiger partial charge < -0.3 is 15.5 Å². The van der Waals surface area contributed by atoms with E-state index in [-0.39, 0.29) is 17.9 Å². The zero-order valence-corrected chi connectivity index (χ0v) is 9.38. The van der Waals surface area contributed by atoms with Crippen LogP contribution in [0.2, 0.25) is 0 Å². The van der Waals surface area contributed by atoms with Crippen molar-refractivity contribution in [2.24, 2.45) is 0 Å². The van der Waals surface area contributed by atoms with E-state index >= 15 is 0 Å². The molecule has 0 saturated carbocycles. The van der Waals surface area contributed by atoms with Crippen molar-refractivity contribution in [1.82, 2.24) is 15.5 Å². The van der Waals surface area contributed by atoms with Gasteiger partial charge in [-0.05, 0) is 33.5 Å². The van der Waals surface area contributed by atoms with Crippen molar-refractivity contribution >= 4 is 11.8 Å². The van der Waals surface area contributed by atoms with E-state index in [4.69, 9.17) is 0 Å². The number of hydrogen-bond acceptors (Lipinski definition) is 3. The van der Waals surface area contributed by atoms with E-state index in [9.17, 15) is 9.59 Å². The Morgan fingerprint density at radius 1 is 1.60 bits per heavy atom. The molecular weight excluding hydrogens is 194 g/mol. The molecule has 1 heterocycles. The first kappa shape index (κ1) is 12.0. The number of carbonyl (C=O) groups excluding carboxylic acids is 2. The molecule has 0 aromatic rings. The van der Waals surface area contributed by atoms with E-state index < -0.39 is 0 Å². The van der Waals surface area contributed by atoms with E-state index in [0.29, 0.717) is 19.4 Å². The third kappa shape index (κ3) is 4.29. The molecule has 15 heavy (non-hydrogen) atoms. The Hall–Kier alpha value is -1.10. The number of hydrogen-bond donors (Lipinski definition) is 2. The minimum absolute atomic E-state index is 0.0246. The Bertz CT molecular complexity index is 241. The van der Waals surface area contributed by atoms with Gasteiger partial charge in [-0.2, -0.15) is 0 Å². The van der Waals surface area contributed by atoms with Crippen LogP contribution in [0.4, 0.5) is 0 Å². The zero-order chi connectivity index (χ0) is 11.3. The summed E-state index contributed by atoms with van der Waals surface area (Å²) in [4.78, 5) is 24.4. The molecule has 2 N–H and O–H groups in total. The molecule has 1 aliphatic rings. The first-order valence-electron chi connectivity index (χ1n) is 5.31. The molecule has 1 atom stereocenters. The van der Waals surface area contributed by atoms with Crippen LogP contribution >= 0.6 is 0 Å². The minimum Gasteiger partial charge on any atom is -0.354 e. The summed E-state index contributed by atoms with van der Waals surface area (Å²) in [7, 11) is 4.00. The van der Waals surface area contributed by atoms with Crippen molar-refractivity contribution in [3.63, 3.8) is 0 Å². The maximum Gasteiger partial charge on any atom is 0.242 e. The second-order valence-electron chi connectivity index (χ2n) is 4.11. The third-order valence-electron chi connectivity index (χ3n) is 2.39. The molecule has 1 aliphatic heterocycles. The smallest absolute Gasteiger partial charge is 0.242 e. The SMILES string of the molecule is CN(C)CCCNC(=O)C1CCC(=O)N1. The van der Waals surface area contributed by atoms with Gasteiger partial charge in [0, 0.05) is 13.0 Å². The second-order valence-corrected chi connectivity index (χ2v) is 4.11. The van der Waals surface area contributed by atoms with Gasteiger partial charge in [-0.3, -0.25) is 9.59 Å². The highest BCUT2D eigenvalue weighted by atomic mass is 16.2. The molecule has 1 unspecified atom stereocenters. The van der Waals surface area contributed by atoms with Crippen LogP contribution < -0.4 is 10.6 Å². The third-order valence-corrected chi connectivity index (χ3v) is 2.39. The Kier molecular flexibility index (Phi) is 4.55. The molecule has 2 amide bonds. The summed E-state index contributed by atoms with van der Waals surface area (Å²) in [5.74, 6) is -0.0805. The van der Waals surface area contributed by atoms with Gasteiger partial charge >= 0.3 is 0 Å². The normalized spacial score (nSPS) is 20.5. The molecule has 0 radical (unpaired) electrons. The van der Waals surface area contributed by atoms with E-state index in [1.165, 1.54) is 0 Å². The second kappa shape index (κ2) is 5.70. The molecule has 5 heteroatoms. The van der Waals surface area contributed by atoms with Crippen LogP contribution in [-0.4, -0.2) is 49.9 Å². The van der Waals surface area contributed by atoms with Crippen LogP contribution in [0, 0.1) is 0 Å². The first-order valence-corrected chi connectivity index (χ1v) is 5.31. The van der Waals surface area contributed by atoms with Gasteiger partial charge in [0.1, 0.15) is 6.04 Å². The molecule has 1 fully saturated rings. The predicted molar refractivity (Wildman–Crippen MR) is 57.3 cm³/mol. The Balaban J connectivity index is 2.11. The molecule has 0 bridgehead atoms. The molecule has 0 spiro atoms. The molecule has 0 aromatic heterocycles. The molecule has 86 valence electrons. The van der Waals surface area contributed by atoms with Gasteiger partial charge in [0.25, 0.3) is 0 Å². The van der Waals surface area contributed by atoms with Gasteiger partial charge in [-0.1, -0.05) is 0 Å². The number of rotatable bonds is 5. The molecule has 5 nitrogen and oxygen atoms in total. The predicted octanol–water partition coefficient (Wildman–Crippen LogP) is -0.667. The largest absolute Gasteiger partial charge is 0.354 e. The van der Waals surface area contributed by atoms with Crippen molar-refractivity contribution in [1.29, 1.82) is 0 Å². The summed E-state index contributed by atoms with van der Waals surface area (Å²) in [6.07, 6.45) is 2.02. The number of amides is 2. The summed E-state index contributed by atoms with van der Waals surface area (Å²) in [5.41, 5.74) is 0. The quantitative estimate of drug-likeness (QED) is 0.596. The van der Waals surface area contributed by atoms with Crippen molar-refractivity contribution in [3.8, 4) is 0 Å². The van der Waals surface area contributed by atoms with Gasteiger partial charge in [0.15, 0.2) is 0 Å². The van der Waals surface area contributed by atoms with Crippen LogP contribution in [-0.2, 0) is 9.59 Å². The maximum atomic E-state index is 11.5. The summed E-state index contributed by atoms with van der Waals surface area (Å²) in [5, 5.41) is 5.46. The Labute approximate surface area is 90.2 Å². The van der Waals surface area contributed by atoms with Crippen LogP contribution in [0.1, 0.15) is 19.3 Å². The van der Waals surface area contributed by atoms with Crippen LogP contribution in [0.5, 0.6) is 0 Å².